The molecule has 3 nitrogen and oxygen atoms in total. The first-order valence-electron chi connectivity index (χ1n) is 13.3. The molecule has 1 N–H and O–H groups in total. The lowest BCUT2D eigenvalue weighted by Crippen LogP contribution is -2.22. The summed E-state index contributed by atoms with van der Waals surface area (Å²) in [5, 5.41) is 0. The molecule has 0 aliphatic heterocycles. The third-order valence-corrected chi connectivity index (χ3v) is 8.50. The van der Waals surface area contributed by atoms with Crippen LogP contribution >= 0.6 is 7.94 Å². The van der Waals surface area contributed by atoms with Gasteiger partial charge < -0.3 is 0 Å². The lowest BCUT2D eigenvalue weighted by atomic mass is 9.79. The average Bonchev–Trinajstić information content (AvgIpc) is 2.67. The molecule has 0 atom stereocenters. The van der Waals surface area contributed by atoms with Crippen molar-refractivity contribution in [3.63, 3.8) is 0 Å². The van der Waals surface area contributed by atoms with E-state index in [0.29, 0.717) is 6.16 Å². The van der Waals surface area contributed by atoms with Gasteiger partial charge in [0, 0.05) is 11.1 Å². The standard InChI is InChI=1S/C32H52O3P/c1-16-36(33,34-27-21(2)17-23(29(4,5)6)19-25(27)31(10,11)12)35-28-22(3)18-24(30(7,8)9)20-26(28)32(13,14)15/h17-20,33H,16H2,1-15H3/q+1. The Morgan fingerprint density at radius 3 is 1.11 bits per heavy atom. The first-order valence-corrected chi connectivity index (χ1v) is 15.1. The zero-order valence-corrected chi connectivity index (χ0v) is 26.6. The van der Waals surface area contributed by atoms with Gasteiger partial charge in [0.1, 0.15) is 0 Å². The van der Waals surface area contributed by atoms with Gasteiger partial charge in [-0.1, -0.05) is 107 Å². The van der Waals surface area contributed by atoms with Crippen LogP contribution in [0.2, 0.25) is 0 Å². The van der Waals surface area contributed by atoms with E-state index in [9.17, 15) is 4.89 Å². The third-order valence-electron chi connectivity index (χ3n) is 6.76. The Hall–Kier alpha value is -1.57. The van der Waals surface area contributed by atoms with Crippen molar-refractivity contribution in [3.05, 3.63) is 57.6 Å². The minimum atomic E-state index is -3.25. The number of benzene rings is 2. The summed E-state index contributed by atoms with van der Waals surface area (Å²) in [6, 6.07) is 8.86. The smallest absolute Gasteiger partial charge is 0.277 e. The van der Waals surface area contributed by atoms with Gasteiger partial charge in [0.2, 0.25) is 0 Å². The zero-order valence-electron chi connectivity index (χ0n) is 25.7. The van der Waals surface area contributed by atoms with E-state index in [2.05, 4.69) is 121 Å². The number of rotatable bonds is 5. The molecular formula is C32H52O3P+. The fourth-order valence-electron chi connectivity index (χ4n) is 4.20. The Morgan fingerprint density at radius 1 is 0.583 bits per heavy atom. The molecule has 2 aromatic rings. The fourth-order valence-corrected chi connectivity index (χ4v) is 5.55. The molecule has 0 unspecified atom stereocenters. The Morgan fingerprint density at radius 2 is 0.889 bits per heavy atom. The van der Waals surface area contributed by atoms with Crippen molar-refractivity contribution in [3.8, 4) is 11.5 Å². The van der Waals surface area contributed by atoms with Crippen molar-refractivity contribution >= 4 is 7.94 Å². The molecule has 0 spiro atoms. The van der Waals surface area contributed by atoms with Gasteiger partial charge in [-0.05, 0) is 64.7 Å². The molecule has 0 bridgehead atoms. The molecular weight excluding hydrogens is 463 g/mol. The second-order valence-electron chi connectivity index (χ2n) is 14.5. The van der Waals surface area contributed by atoms with Crippen LogP contribution in [-0.2, 0) is 21.7 Å². The van der Waals surface area contributed by atoms with Crippen molar-refractivity contribution in [1.82, 2.24) is 0 Å². The highest BCUT2D eigenvalue weighted by atomic mass is 31.2. The minimum Gasteiger partial charge on any atom is -0.277 e. The van der Waals surface area contributed by atoms with Gasteiger partial charge >= 0.3 is 7.94 Å². The molecule has 0 aliphatic carbocycles. The SMILES string of the molecule is CC[P+](O)(Oc1c(C)cc(C(C)(C)C)cc1C(C)(C)C)Oc1c(C)cc(C(C)(C)C)cc1C(C)(C)C. The summed E-state index contributed by atoms with van der Waals surface area (Å²) in [4.78, 5) is 11.9. The van der Waals surface area contributed by atoms with Crippen molar-refractivity contribution in [2.24, 2.45) is 0 Å². The summed E-state index contributed by atoms with van der Waals surface area (Å²) in [7, 11) is -3.25. The second kappa shape index (κ2) is 9.95. The van der Waals surface area contributed by atoms with Gasteiger partial charge in [0.25, 0.3) is 0 Å². The zero-order chi connectivity index (χ0) is 28.1. The normalized spacial score (nSPS) is 13.7. The Balaban J connectivity index is 2.68. The summed E-state index contributed by atoms with van der Waals surface area (Å²) < 4.78 is 13.2. The van der Waals surface area contributed by atoms with Crippen LogP contribution in [-0.4, -0.2) is 11.1 Å². The van der Waals surface area contributed by atoms with Gasteiger partial charge in [-0.15, -0.1) is 0 Å². The summed E-state index contributed by atoms with van der Waals surface area (Å²) in [5.41, 5.74) is 6.50. The van der Waals surface area contributed by atoms with Crippen LogP contribution in [0.25, 0.3) is 0 Å². The molecule has 36 heavy (non-hydrogen) atoms. The Kier molecular flexibility index (Phi) is 8.48. The van der Waals surface area contributed by atoms with Crippen molar-refractivity contribution < 1.29 is 13.9 Å². The Bertz CT molecular complexity index is 1000. The monoisotopic (exact) mass is 515 g/mol. The highest BCUT2D eigenvalue weighted by Crippen LogP contribution is 2.59. The van der Waals surface area contributed by atoms with E-state index in [-0.39, 0.29) is 21.7 Å². The van der Waals surface area contributed by atoms with E-state index in [1.54, 1.807) is 0 Å². The number of hydrogen-bond acceptors (Lipinski definition) is 3. The fraction of sp³-hybridized carbons (Fsp3) is 0.625. The predicted octanol–water partition coefficient (Wildman–Crippen LogP) is 9.73. The molecule has 0 saturated heterocycles. The molecule has 0 aromatic heterocycles. The van der Waals surface area contributed by atoms with E-state index in [1.807, 2.05) is 6.92 Å². The van der Waals surface area contributed by atoms with Crippen LogP contribution in [0, 0.1) is 13.8 Å². The van der Waals surface area contributed by atoms with Gasteiger partial charge in [-0.3, -0.25) is 9.05 Å². The van der Waals surface area contributed by atoms with Gasteiger partial charge in [-0.25, -0.2) is 0 Å². The summed E-state index contributed by atoms with van der Waals surface area (Å²) in [6.45, 7) is 32.6. The van der Waals surface area contributed by atoms with Crippen LogP contribution in [0.15, 0.2) is 24.3 Å². The van der Waals surface area contributed by atoms with E-state index < -0.39 is 7.94 Å². The van der Waals surface area contributed by atoms with Gasteiger partial charge in [-0.2, -0.15) is 4.89 Å². The lowest BCUT2D eigenvalue weighted by Gasteiger charge is -2.30. The van der Waals surface area contributed by atoms with Crippen LogP contribution < -0.4 is 9.05 Å². The number of aryl methyl sites for hydroxylation is 2. The van der Waals surface area contributed by atoms with Gasteiger partial charge in [0.05, 0.1) is 0 Å². The first kappa shape index (κ1) is 30.7. The minimum absolute atomic E-state index is 0.0174. The molecule has 0 heterocycles. The maximum absolute atomic E-state index is 11.9. The van der Waals surface area contributed by atoms with Crippen LogP contribution in [0.3, 0.4) is 0 Å². The first-order chi connectivity index (χ1) is 16.0. The quantitative estimate of drug-likeness (QED) is 0.403. The molecule has 0 radical (unpaired) electrons. The van der Waals surface area contributed by atoms with E-state index in [4.69, 9.17) is 9.05 Å². The highest BCUT2D eigenvalue weighted by molar-refractivity contribution is 7.61. The Labute approximate surface area is 222 Å². The van der Waals surface area contributed by atoms with Crippen molar-refractivity contribution in [2.45, 2.75) is 126 Å². The maximum Gasteiger partial charge on any atom is 0.494 e. The molecule has 4 heteroatoms. The average molecular weight is 516 g/mol. The van der Waals surface area contributed by atoms with Crippen molar-refractivity contribution in [2.75, 3.05) is 6.16 Å². The van der Waals surface area contributed by atoms with Crippen LogP contribution in [0.1, 0.15) is 123 Å². The summed E-state index contributed by atoms with van der Waals surface area (Å²) >= 11 is 0. The largest absolute Gasteiger partial charge is 0.494 e. The summed E-state index contributed by atoms with van der Waals surface area (Å²) in [5.74, 6) is 1.49. The molecule has 2 rings (SSSR count). The van der Waals surface area contributed by atoms with Crippen LogP contribution in [0.4, 0.5) is 0 Å². The molecule has 0 fully saturated rings. The van der Waals surface area contributed by atoms with Crippen molar-refractivity contribution in [1.29, 1.82) is 0 Å². The molecule has 0 aliphatic rings. The molecule has 202 valence electrons. The van der Waals surface area contributed by atoms with E-state index in [1.165, 1.54) is 11.1 Å². The second-order valence-corrected chi connectivity index (χ2v) is 16.7. The molecule has 0 amide bonds. The summed E-state index contributed by atoms with van der Waals surface area (Å²) in [6.07, 6.45) is 0.390. The predicted molar refractivity (Wildman–Crippen MR) is 158 cm³/mol. The van der Waals surface area contributed by atoms with E-state index in [0.717, 1.165) is 33.8 Å². The highest BCUT2D eigenvalue weighted by Gasteiger charge is 2.45. The lowest BCUT2D eigenvalue weighted by molar-refractivity contribution is 0.337. The third kappa shape index (κ3) is 7.05. The van der Waals surface area contributed by atoms with Crippen LogP contribution in [0.5, 0.6) is 11.5 Å². The van der Waals surface area contributed by atoms with E-state index >= 15 is 0 Å². The van der Waals surface area contributed by atoms with Gasteiger partial charge in [0.15, 0.2) is 17.7 Å². The topological polar surface area (TPSA) is 38.7 Å². The maximum atomic E-state index is 11.9. The molecule has 0 saturated carbocycles. The molecule has 2 aromatic carbocycles. The number of hydrogen-bond donors (Lipinski definition) is 1.